The highest BCUT2D eigenvalue weighted by molar-refractivity contribution is 7.92. The second kappa shape index (κ2) is 14.1. The van der Waals surface area contributed by atoms with Gasteiger partial charge in [-0.25, -0.2) is 12.8 Å². The SMILES string of the molecule is CCCCNC(=O)[C@H](C)N(Cc1ccc(F)cc1)C(=O)CN(c1ccccc1CC)S(=O)(=O)c1ccc(C)cc1. The number of nitrogens with one attached hydrogen (secondary N) is 1. The fraction of sp³-hybridized carbons (Fsp3) is 0.355. The zero-order valence-corrected chi connectivity index (χ0v) is 24.4. The average molecular weight is 568 g/mol. The lowest BCUT2D eigenvalue weighted by Crippen LogP contribution is -2.51. The number of aryl methyl sites for hydroxylation is 2. The molecule has 0 heterocycles. The molecule has 9 heteroatoms. The van der Waals surface area contributed by atoms with Gasteiger partial charge in [0.25, 0.3) is 10.0 Å². The molecule has 0 unspecified atom stereocenters. The fourth-order valence-electron chi connectivity index (χ4n) is 4.31. The van der Waals surface area contributed by atoms with E-state index in [2.05, 4.69) is 5.32 Å². The quantitative estimate of drug-likeness (QED) is 0.287. The molecule has 40 heavy (non-hydrogen) atoms. The molecule has 2 amide bonds. The molecule has 3 aromatic rings. The molecule has 0 bridgehead atoms. The monoisotopic (exact) mass is 567 g/mol. The second-order valence-electron chi connectivity index (χ2n) is 9.78. The molecule has 1 atom stereocenters. The number of sulfonamides is 1. The van der Waals surface area contributed by atoms with Crippen LogP contribution in [-0.2, 0) is 32.6 Å². The summed E-state index contributed by atoms with van der Waals surface area (Å²) >= 11 is 0. The van der Waals surface area contributed by atoms with E-state index < -0.39 is 34.3 Å². The predicted octanol–water partition coefficient (Wildman–Crippen LogP) is 5.23. The van der Waals surface area contributed by atoms with E-state index in [1.54, 1.807) is 43.3 Å². The van der Waals surface area contributed by atoms with Crippen molar-refractivity contribution in [1.29, 1.82) is 0 Å². The normalized spacial score (nSPS) is 12.0. The third-order valence-corrected chi connectivity index (χ3v) is 8.57. The maximum atomic E-state index is 14.0. The van der Waals surface area contributed by atoms with Crippen molar-refractivity contribution in [3.05, 3.63) is 95.3 Å². The molecule has 0 aliphatic carbocycles. The van der Waals surface area contributed by atoms with Crippen LogP contribution in [0.15, 0.2) is 77.7 Å². The number of anilines is 1. The zero-order valence-electron chi connectivity index (χ0n) is 23.6. The average Bonchev–Trinajstić information content (AvgIpc) is 2.95. The molecule has 3 rings (SSSR count). The summed E-state index contributed by atoms with van der Waals surface area (Å²) in [6, 6.07) is 18.3. The fourth-order valence-corrected chi connectivity index (χ4v) is 5.76. The number of amides is 2. The van der Waals surface area contributed by atoms with Crippen LogP contribution in [-0.4, -0.2) is 44.3 Å². The molecular weight excluding hydrogens is 529 g/mol. The minimum atomic E-state index is -4.14. The minimum Gasteiger partial charge on any atom is -0.354 e. The third kappa shape index (κ3) is 7.69. The Morgan fingerprint density at radius 1 is 0.950 bits per heavy atom. The topological polar surface area (TPSA) is 86.8 Å². The predicted molar refractivity (Wildman–Crippen MR) is 156 cm³/mol. The number of benzene rings is 3. The van der Waals surface area contributed by atoms with Crippen molar-refractivity contribution in [2.45, 2.75) is 64.4 Å². The van der Waals surface area contributed by atoms with Gasteiger partial charge in [-0.05, 0) is 68.1 Å². The zero-order chi connectivity index (χ0) is 29.3. The van der Waals surface area contributed by atoms with Gasteiger partial charge in [-0.1, -0.05) is 68.3 Å². The summed E-state index contributed by atoms with van der Waals surface area (Å²) in [6.07, 6.45) is 2.25. The summed E-state index contributed by atoms with van der Waals surface area (Å²) in [7, 11) is -4.14. The van der Waals surface area contributed by atoms with Gasteiger partial charge >= 0.3 is 0 Å². The van der Waals surface area contributed by atoms with Crippen LogP contribution in [0, 0.1) is 12.7 Å². The highest BCUT2D eigenvalue weighted by atomic mass is 32.2. The Labute approximate surface area is 237 Å². The van der Waals surface area contributed by atoms with Crippen LogP contribution in [0.3, 0.4) is 0 Å². The summed E-state index contributed by atoms with van der Waals surface area (Å²) in [5.74, 6) is -1.31. The molecule has 214 valence electrons. The van der Waals surface area contributed by atoms with Crippen LogP contribution in [0.2, 0.25) is 0 Å². The van der Waals surface area contributed by atoms with Crippen molar-refractivity contribution in [3.8, 4) is 0 Å². The molecule has 1 N–H and O–H groups in total. The van der Waals surface area contributed by atoms with E-state index in [0.717, 1.165) is 28.3 Å². The van der Waals surface area contributed by atoms with Gasteiger partial charge in [0.15, 0.2) is 0 Å². The lowest BCUT2D eigenvalue weighted by Gasteiger charge is -2.32. The van der Waals surface area contributed by atoms with Crippen LogP contribution < -0.4 is 9.62 Å². The van der Waals surface area contributed by atoms with Crippen molar-refractivity contribution in [2.24, 2.45) is 0 Å². The Morgan fingerprint density at radius 2 is 1.60 bits per heavy atom. The lowest BCUT2D eigenvalue weighted by atomic mass is 10.1. The number of para-hydroxylation sites is 1. The van der Waals surface area contributed by atoms with Crippen molar-refractivity contribution in [3.63, 3.8) is 0 Å². The maximum absolute atomic E-state index is 14.0. The van der Waals surface area contributed by atoms with Crippen LogP contribution in [0.4, 0.5) is 10.1 Å². The minimum absolute atomic E-state index is 0.00925. The highest BCUT2D eigenvalue weighted by Gasteiger charge is 2.33. The Balaban J connectivity index is 2.03. The molecular formula is C31H38FN3O4S. The van der Waals surface area contributed by atoms with E-state index >= 15 is 0 Å². The van der Waals surface area contributed by atoms with Gasteiger partial charge in [-0.3, -0.25) is 13.9 Å². The molecule has 0 fully saturated rings. The van der Waals surface area contributed by atoms with Gasteiger partial charge in [-0.15, -0.1) is 0 Å². The number of halogens is 1. The van der Waals surface area contributed by atoms with Gasteiger partial charge in [0.05, 0.1) is 10.6 Å². The molecule has 0 spiro atoms. The van der Waals surface area contributed by atoms with E-state index in [-0.39, 0.29) is 17.3 Å². The third-order valence-electron chi connectivity index (χ3n) is 6.79. The first-order valence-corrected chi connectivity index (χ1v) is 15.0. The van der Waals surface area contributed by atoms with Gasteiger partial charge in [0.1, 0.15) is 18.4 Å². The molecule has 3 aromatic carbocycles. The largest absolute Gasteiger partial charge is 0.354 e. The van der Waals surface area contributed by atoms with Crippen molar-refractivity contribution in [2.75, 3.05) is 17.4 Å². The first kappa shape index (κ1) is 30.8. The number of carbonyl (C=O) groups is 2. The van der Waals surface area contributed by atoms with Crippen molar-refractivity contribution >= 4 is 27.5 Å². The second-order valence-corrected chi connectivity index (χ2v) is 11.6. The first-order valence-electron chi connectivity index (χ1n) is 13.6. The van der Waals surface area contributed by atoms with E-state index in [1.165, 1.54) is 29.2 Å². The van der Waals surface area contributed by atoms with Crippen LogP contribution in [0.1, 0.15) is 50.3 Å². The van der Waals surface area contributed by atoms with Crippen molar-refractivity contribution < 1.29 is 22.4 Å². The molecule has 0 aliphatic heterocycles. The molecule has 0 saturated carbocycles. The number of hydrogen-bond acceptors (Lipinski definition) is 4. The van der Waals surface area contributed by atoms with E-state index in [1.807, 2.05) is 32.9 Å². The van der Waals surface area contributed by atoms with E-state index in [4.69, 9.17) is 0 Å². The van der Waals surface area contributed by atoms with E-state index in [9.17, 15) is 22.4 Å². The maximum Gasteiger partial charge on any atom is 0.264 e. The van der Waals surface area contributed by atoms with Crippen molar-refractivity contribution in [1.82, 2.24) is 10.2 Å². The standard InChI is InChI=1S/C31H38FN3O4S/c1-5-7-20-33-31(37)24(4)34(21-25-14-16-27(32)17-15-25)30(36)22-35(29-11-9-8-10-26(29)6-2)40(38,39)28-18-12-23(3)13-19-28/h8-19,24H,5-7,20-22H2,1-4H3,(H,33,37)/t24-/m0/s1. The molecule has 7 nitrogen and oxygen atoms in total. The number of hydrogen-bond donors (Lipinski definition) is 1. The van der Waals surface area contributed by atoms with Gasteiger partial charge in [0, 0.05) is 13.1 Å². The summed E-state index contributed by atoms with van der Waals surface area (Å²) in [5, 5.41) is 2.85. The molecule has 0 saturated heterocycles. The van der Waals surface area contributed by atoms with Crippen LogP contribution >= 0.6 is 0 Å². The van der Waals surface area contributed by atoms with Gasteiger partial charge in [-0.2, -0.15) is 0 Å². The van der Waals surface area contributed by atoms with E-state index in [0.29, 0.717) is 24.2 Å². The first-order chi connectivity index (χ1) is 19.1. The Morgan fingerprint density at radius 3 is 2.23 bits per heavy atom. The summed E-state index contributed by atoms with van der Waals surface area (Å²) < 4.78 is 42.7. The smallest absolute Gasteiger partial charge is 0.264 e. The van der Waals surface area contributed by atoms with Gasteiger partial charge in [0.2, 0.25) is 11.8 Å². The number of nitrogens with zero attached hydrogens (tertiary/aromatic N) is 2. The number of unbranched alkanes of at least 4 members (excludes halogenated alkanes) is 1. The molecule has 0 radical (unpaired) electrons. The summed E-state index contributed by atoms with van der Waals surface area (Å²) in [6.45, 7) is 7.37. The number of carbonyl (C=O) groups excluding carboxylic acids is 2. The Hall–Kier alpha value is -3.72. The lowest BCUT2D eigenvalue weighted by molar-refractivity contribution is -0.139. The summed E-state index contributed by atoms with van der Waals surface area (Å²) in [4.78, 5) is 28.4. The van der Waals surface area contributed by atoms with Gasteiger partial charge < -0.3 is 10.2 Å². The summed E-state index contributed by atoms with van der Waals surface area (Å²) in [5.41, 5.74) is 2.69. The van der Waals surface area contributed by atoms with Crippen LogP contribution in [0.25, 0.3) is 0 Å². The Bertz CT molecular complexity index is 1390. The molecule has 0 aliphatic rings. The molecule has 0 aromatic heterocycles. The number of rotatable bonds is 13. The highest BCUT2D eigenvalue weighted by Crippen LogP contribution is 2.28. The van der Waals surface area contributed by atoms with Crippen LogP contribution in [0.5, 0.6) is 0 Å². The Kier molecular flexibility index (Phi) is 10.8.